The molecule has 3 rings (SSSR count). The number of nitrogens with one attached hydrogen (secondary N) is 2. The Bertz CT molecular complexity index is 862. The van der Waals surface area contributed by atoms with Crippen LogP contribution in [0.3, 0.4) is 0 Å². The van der Waals surface area contributed by atoms with Crippen LogP contribution in [-0.2, 0) is 6.54 Å². The topological polar surface area (TPSA) is 81.6 Å². The molecule has 2 N–H and O–H groups in total. The Morgan fingerprint density at radius 2 is 2.00 bits per heavy atom. The largest absolute Gasteiger partial charge is 0.345 e. The van der Waals surface area contributed by atoms with Crippen molar-refractivity contribution in [2.45, 2.75) is 6.54 Å². The maximum Gasteiger partial charge on any atom is 0.251 e. The van der Waals surface area contributed by atoms with E-state index in [2.05, 4.69) is 15.3 Å². The molecule has 0 bridgehead atoms. The van der Waals surface area contributed by atoms with Crippen LogP contribution in [-0.4, -0.2) is 15.9 Å². The first kappa shape index (κ1) is 14.5. The number of imidazole rings is 1. The SMILES string of the molecule is N#Cc1cccc(C(=O)NCc2ncc(-c3ccccc3)[nH]2)c1. The van der Waals surface area contributed by atoms with Gasteiger partial charge in [0.05, 0.1) is 30.1 Å². The predicted octanol–water partition coefficient (Wildman–Crippen LogP) is 2.88. The fourth-order valence-electron chi connectivity index (χ4n) is 2.21. The second-order valence-corrected chi connectivity index (χ2v) is 4.98. The molecule has 1 aromatic heterocycles. The van der Waals surface area contributed by atoms with Crippen LogP contribution in [0.2, 0.25) is 0 Å². The monoisotopic (exact) mass is 302 g/mol. The molecule has 0 aliphatic carbocycles. The average Bonchev–Trinajstić information content (AvgIpc) is 3.09. The van der Waals surface area contributed by atoms with Gasteiger partial charge in [-0.25, -0.2) is 4.98 Å². The summed E-state index contributed by atoms with van der Waals surface area (Å²) in [5.74, 6) is 0.438. The normalized spacial score (nSPS) is 10.0. The highest BCUT2D eigenvalue weighted by molar-refractivity contribution is 5.94. The molecule has 1 amide bonds. The molecule has 3 aromatic rings. The zero-order chi connectivity index (χ0) is 16.1. The number of nitriles is 1. The van der Waals surface area contributed by atoms with Crippen molar-refractivity contribution < 1.29 is 4.79 Å². The molecule has 0 unspecified atom stereocenters. The number of carbonyl (C=O) groups is 1. The molecule has 0 saturated heterocycles. The molecular weight excluding hydrogens is 288 g/mol. The van der Waals surface area contributed by atoms with Gasteiger partial charge in [0.25, 0.3) is 5.91 Å². The minimum Gasteiger partial charge on any atom is -0.345 e. The number of rotatable bonds is 4. The van der Waals surface area contributed by atoms with Gasteiger partial charge in [-0.15, -0.1) is 0 Å². The molecule has 2 aromatic carbocycles. The number of aromatic amines is 1. The van der Waals surface area contributed by atoms with E-state index in [0.717, 1.165) is 11.3 Å². The molecule has 0 aliphatic rings. The van der Waals surface area contributed by atoms with Gasteiger partial charge in [-0.1, -0.05) is 36.4 Å². The third-order valence-corrected chi connectivity index (χ3v) is 3.38. The van der Waals surface area contributed by atoms with Crippen LogP contribution in [0.5, 0.6) is 0 Å². The fraction of sp³-hybridized carbons (Fsp3) is 0.0556. The number of hydrogen-bond acceptors (Lipinski definition) is 3. The van der Waals surface area contributed by atoms with Gasteiger partial charge >= 0.3 is 0 Å². The predicted molar refractivity (Wildman–Crippen MR) is 86.4 cm³/mol. The van der Waals surface area contributed by atoms with Gasteiger partial charge in [-0.05, 0) is 23.8 Å². The zero-order valence-corrected chi connectivity index (χ0v) is 12.3. The summed E-state index contributed by atoms with van der Waals surface area (Å²) in [4.78, 5) is 19.6. The molecule has 0 fully saturated rings. The number of benzene rings is 2. The van der Waals surface area contributed by atoms with Gasteiger partial charge in [0, 0.05) is 5.56 Å². The molecule has 0 spiro atoms. The second kappa shape index (κ2) is 6.58. The third-order valence-electron chi connectivity index (χ3n) is 3.38. The first-order valence-electron chi connectivity index (χ1n) is 7.14. The number of H-pyrrole nitrogens is 1. The van der Waals surface area contributed by atoms with Crippen LogP contribution >= 0.6 is 0 Å². The van der Waals surface area contributed by atoms with Gasteiger partial charge in [-0.2, -0.15) is 5.26 Å². The first-order chi connectivity index (χ1) is 11.3. The highest BCUT2D eigenvalue weighted by atomic mass is 16.1. The van der Waals surface area contributed by atoms with Gasteiger partial charge in [0.1, 0.15) is 5.82 Å². The van der Waals surface area contributed by atoms with E-state index in [9.17, 15) is 4.79 Å². The summed E-state index contributed by atoms with van der Waals surface area (Å²) >= 11 is 0. The summed E-state index contributed by atoms with van der Waals surface area (Å²) in [7, 11) is 0. The fourth-order valence-corrected chi connectivity index (χ4v) is 2.21. The lowest BCUT2D eigenvalue weighted by molar-refractivity contribution is 0.0950. The van der Waals surface area contributed by atoms with Crippen molar-refractivity contribution >= 4 is 5.91 Å². The van der Waals surface area contributed by atoms with Crippen LogP contribution in [0.4, 0.5) is 0 Å². The molecule has 0 atom stereocenters. The zero-order valence-electron chi connectivity index (χ0n) is 12.3. The van der Waals surface area contributed by atoms with Gasteiger partial charge in [0.2, 0.25) is 0 Å². The van der Waals surface area contributed by atoms with Gasteiger partial charge in [0.15, 0.2) is 0 Å². The number of nitrogens with zero attached hydrogens (tertiary/aromatic N) is 2. The molecule has 0 aliphatic heterocycles. The van der Waals surface area contributed by atoms with Crippen molar-refractivity contribution in [3.8, 4) is 17.3 Å². The number of carbonyl (C=O) groups excluding carboxylic acids is 1. The minimum absolute atomic E-state index is 0.236. The Labute approximate surface area is 133 Å². The van der Waals surface area contributed by atoms with Gasteiger partial charge in [-0.3, -0.25) is 4.79 Å². The third kappa shape index (κ3) is 3.44. The van der Waals surface area contributed by atoms with Crippen LogP contribution < -0.4 is 5.32 Å². The standard InChI is InChI=1S/C18H14N4O/c19-10-13-5-4-8-15(9-13)18(23)21-12-17-20-11-16(22-17)14-6-2-1-3-7-14/h1-9,11H,12H2,(H,20,22)(H,21,23). The molecule has 0 radical (unpaired) electrons. The van der Waals surface area contributed by atoms with E-state index >= 15 is 0 Å². The van der Waals surface area contributed by atoms with Crippen molar-refractivity contribution in [3.05, 3.63) is 77.7 Å². The van der Waals surface area contributed by atoms with Crippen molar-refractivity contribution in [1.29, 1.82) is 5.26 Å². The second-order valence-electron chi connectivity index (χ2n) is 4.98. The van der Waals surface area contributed by atoms with Crippen LogP contribution in [0.25, 0.3) is 11.3 Å². The maximum absolute atomic E-state index is 12.1. The van der Waals surface area contributed by atoms with Crippen LogP contribution in [0, 0.1) is 11.3 Å². The van der Waals surface area contributed by atoms with E-state index in [-0.39, 0.29) is 5.91 Å². The van der Waals surface area contributed by atoms with Crippen molar-refractivity contribution in [3.63, 3.8) is 0 Å². The molecule has 0 saturated carbocycles. The molecule has 23 heavy (non-hydrogen) atoms. The van der Waals surface area contributed by atoms with Crippen molar-refractivity contribution in [2.75, 3.05) is 0 Å². The highest BCUT2D eigenvalue weighted by Gasteiger charge is 2.08. The van der Waals surface area contributed by atoms with E-state index in [1.165, 1.54) is 0 Å². The lowest BCUT2D eigenvalue weighted by Crippen LogP contribution is -2.23. The first-order valence-corrected chi connectivity index (χ1v) is 7.14. The average molecular weight is 302 g/mol. The molecule has 5 heteroatoms. The Morgan fingerprint density at radius 1 is 1.17 bits per heavy atom. The number of hydrogen-bond donors (Lipinski definition) is 2. The van der Waals surface area contributed by atoms with Crippen LogP contribution in [0.1, 0.15) is 21.7 Å². The van der Waals surface area contributed by atoms with E-state index in [1.54, 1.807) is 30.5 Å². The quantitative estimate of drug-likeness (QED) is 0.777. The summed E-state index contributed by atoms with van der Waals surface area (Å²) in [6, 6.07) is 18.5. The Hall–Kier alpha value is -3.39. The summed E-state index contributed by atoms with van der Waals surface area (Å²) in [6.07, 6.45) is 1.74. The summed E-state index contributed by atoms with van der Waals surface area (Å²) < 4.78 is 0. The summed E-state index contributed by atoms with van der Waals surface area (Å²) in [5.41, 5.74) is 2.86. The molecule has 5 nitrogen and oxygen atoms in total. The lowest BCUT2D eigenvalue weighted by atomic mass is 10.1. The van der Waals surface area contributed by atoms with Crippen molar-refractivity contribution in [2.24, 2.45) is 0 Å². The lowest BCUT2D eigenvalue weighted by Gasteiger charge is -2.03. The number of aromatic nitrogens is 2. The summed E-state index contributed by atoms with van der Waals surface area (Å²) in [6.45, 7) is 0.294. The van der Waals surface area contributed by atoms with Gasteiger partial charge < -0.3 is 10.3 Å². The minimum atomic E-state index is -0.236. The molecule has 112 valence electrons. The van der Waals surface area contributed by atoms with E-state index < -0.39 is 0 Å². The van der Waals surface area contributed by atoms with Crippen molar-refractivity contribution in [1.82, 2.24) is 15.3 Å². The van der Waals surface area contributed by atoms with E-state index in [0.29, 0.717) is 23.5 Å². The number of amides is 1. The molecular formula is C18H14N4O. The Balaban J connectivity index is 1.66. The summed E-state index contributed by atoms with van der Waals surface area (Å²) in [5, 5.41) is 11.7. The maximum atomic E-state index is 12.1. The Kier molecular flexibility index (Phi) is 4.16. The highest BCUT2D eigenvalue weighted by Crippen LogP contribution is 2.16. The van der Waals surface area contributed by atoms with E-state index in [1.807, 2.05) is 36.4 Å². The van der Waals surface area contributed by atoms with E-state index in [4.69, 9.17) is 5.26 Å². The smallest absolute Gasteiger partial charge is 0.251 e. The Morgan fingerprint density at radius 3 is 2.78 bits per heavy atom. The molecule has 1 heterocycles. The van der Waals surface area contributed by atoms with Crippen LogP contribution in [0.15, 0.2) is 60.8 Å².